The Bertz CT molecular complexity index is 180. The number of nitrogens with zero attached hydrogens (tertiary/aromatic N) is 1. The SMILES string of the molecule is CCCC1CC1NCCN1CCOCC1. The molecular weight excluding hydrogens is 188 g/mol. The summed E-state index contributed by atoms with van der Waals surface area (Å²) in [6.45, 7) is 8.70. The summed E-state index contributed by atoms with van der Waals surface area (Å²) in [6.07, 6.45) is 4.17. The monoisotopic (exact) mass is 212 g/mol. The number of ether oxygens (including phenoxy) is 1. The smallest absolute Gasteiger partial charge is 0.0594 e. The summed E-state index contributed by atoms with van der Waals surface area (Å²) < 4.78 is 5.33. The maximum Gasteiger partial charge on any atom is 0.0594 e. The van der Waals surface area contributed by atoms with E-state index in [-0.39, 0.29) is 0 Å². The molecule has 2 aliphatic rings. The fraction of sp³-hybridized carbons (Fsp3) is 1.00. The van der Waals surface area contributed by atoms with Crippen LogP contribution < -0.4 is 5.32 Å². The van der Waals surface area contributed by atoms with Crippen LogP contribution in [-0.4, -0.2) is 50.3 Å². The molecule has 1 N–H and O–H groups in total. The molecule has 2 rings (SSSR count). The first kappa shape index (κ1) is 11.4. The third-order valence-corrected chi connectivity index (χ3v) is 3.52. The van der Waals surface area contributed by atoms with Crippen molar-refractivity contribution in [2.75, 3.05) is 39.4 Å². The normalized spacial score (nSPS) is 31.8. The number of rotatable bonds is 6. The molecule has 15 heavy (non-hydrogen) atoms. The molecule has 2 unspecified atom stereocenters. The highest BCUT2D eigenvalue weighted by atomic mass is 16.5. The first-order valence-electron chi connectivity index (χ1n) is 6.43. The first-order valence-corrected chi connectivity index (χ1v) is 6.43. The molecule has 1 heterocycles. The van der Waals surface area contributed by atoms with Crippen molar-refractivity contribution < 1.29 is 4.74 Å². The van der Waals surface area contributed by atoms with E-state index in [1.54, 1.807) is 0 Å². The first-order chi connectivity index (χ1) is 7.40. The Morgan fingerprint density at radius 2 is 2.13 bits per heavy atom. The Morgan fingerprint density at radius 1 is 1.33 bits per heavy atom. The molecule has 0 aromatic heterocycles. The summed E-state index contributed by atoms with van der Waals surface area (Å²) in [5.74, 6) is 0.986. The van der Waals surface area contributed by atoms with E-state index in [0.717, 1.165) is 44.8 Å². The van der Waals surface area contributed by atoms with Gasteiger partial charge in [0.1, 0.15) is 0 Å². The van der Waals surface area contributed by atoms with Gasteiger partial charge < -0.3 is 10.1 Å². The van der Waals surface area contributed by atoms with Crippen LogP contribution in [0.2, 0.25) is 0 Å². The summed E-state index contributed by atoms with van der Waals surface area (Å²) in [4.78, 5) is 2.49. The number of hydrogen-bond donors (Lipinski definition) is 1. The van der Waals surface area contributed by atoms with Crippen LogP contribution in [0.3, 0.4) is 0 Å². The highest BCUT2D eigenvalue weighted by Gasteiger charge is 2.35. The third kappa shape index (κ3) is 3.74. The van der Waals surface area contributed by atoms with Gasteiger partial charge in [-0.15, -0.1) is 0 Å². The van der Waals surface area contributed by atoms with Crippen molar-refractivity contribution in [1.82, 2.24) is 10.2 Å². The summed E-state index contributed by atoms with van der Waals surface area (Å²) in [5, 5.41) is 3.66. The molecule has 2 fully saturated rings. The molecule has 0 amide bonds. The Hall–Kier alpha value is -0.120. The Morgan fingerprint density at radius 3 is 2.87 bits per heavy atom. The number of hydrogen-bond acceptors (Lipinski definition) is 3. The lowest BCUT2D eigenvalue weighted by atomic mass is 10.2. The molecule has 1 aliphatic carbocycles. The van der Waals surface area contributed by atoms with E-state index in [1.165, 1.54) is 25.8 Å². The van der Waals surface area contributed by atoms with Crippen LogP contribution >= 0.6 is 0 Å². The van der Waals surface area contributed by atoms with Crippen LogP contribution in [0, 0.1) is 5.92 Å². The van der Waals surface area contributed by atoms with E-state index >= 15 is 0 Å². The quantitative estimate of drug-likeness (QED) is 0.713. The summed E-state index contributed by atoms with van der Waals surface area (Å²) >= 11 is 0. The Kier molecular flexibility index (Phi) is 4.42. The van der Waals surface area contributed by atoms with Gasteiger partial charge in [-0.2, -0.15) is 0 Å². The fourth-order valence-electron chi connectivity index (χ4n) is 2.42. The van der Waals surface area contributed by atoms with Gasteiger partial charge in [0.2, 0.25) is 0 Å². The Balaban J connectivity index is 1.48. The van der Waals surface area contributed by atoms with Crippen molar-refractivity contribution in [3.05, 3.63) is 0 Å². The van der Waals surface area contributed by atoms with Gasteiger partial charge >= 0.3 is 0 Å². The maximum atomic E-state index is 5.33. The van der Waals surface area contributed by atoms with E-state index in [2.05, 4.69) is 17.1 Å². The largest absolute Gasteiger partial charge is 0.379 e. The predicted molar refractivity (Wildman–Crippen MR) is 62.1 cm³/mol. The van der Waals surface area contributed by atoms with Gasteiger partial charge in [0.25, 0.3) is 0 Å². The summed E-state index contributed by atoms with van der Waals surface area (Å²) in [7, 11) is 0. The highest BCUT2D eigenvalue weighted by molar-refractivity contribution is 4.92. The lowest BCUT2D eigenvalue weighted by Crippen LogP contribution is -2.40. The molecule has 0 aromatic carbocycles. The minimum atomic E-state index is 0.839. The van der Waals surface area contributed by atoms with E-state index in [1.807, 2.05) is 0 Å². The molecule has 0 radical (unpaired) electrons. The highest BCUT2D eigenvalue weighted by Crippen LogP contribution is 2.34. The summed E-state index contributed by atoms with van der Waals surface area (Å²) in [6, 6.07) is 0.839. The van der Waals surface area contributed by atoms with Gasteiger partial charge in [-0.1, -0.05) is 13.3 Å². The van der Waals surface area contributed by atoms with E-state index in [0.29, 0.717) is 0 Å². The maximum absolute atomic E-state index is 5.33. The van der Waals surface area contributed by atoms with Crippen LogP contribution in [0.5, 0.6) is 0 Å². The van der Waals surface area contributed by atoms with Crippen molar-refractivity contribution in [1.29, 1.82) is 0 Å². The van der Waals surface area contributed by atoms with Crippen molar-refractivity contribution in [3.8, 4) is 0 Å². The Labute approximate surface area is 93.2 Å². The standard InChI is InChI=1S/C12H24N2O/c1-2-3-11-10-12(11)13-4-5-14-6-8-15-9-7-14/h11-13H,2-10H2,1H3. The minimum absolute atomic E-state index is 0.839. The number of nitrogens with one attached hydrogen (secondary N) is 1. The predicted octanol–water partition coefficient (Wildman–Crippen LogP) is 1.10. The number of morpholine rings is 1. The van der Waals surface area contributed by atoms with E-state index in [9.17, 15) is 0 Å². The van der Waals surface area contributed by atoms with Crippen LogP contribution in [0.25, 0.3) is 0 Å². The van der Waals surface area contributed by atoms with E-state index < -0.39 is 0 Å². The van der Waals surface area contributed by atoms with Gasteiger partial charge in [-0.05, 0) is 18.8 Å². The molecule has 0 bridgehead atoms. The van der Waals surface area contributed by atoms with Gasteiger partial charge in [0, 0.05) is 32.2 Å². The third-order valence-electron chi connectivity index (χ3n) is 3.52. The lowest BCUT2D eigenvalue weighted by molar-refractivity contribution is 0.0383. The zero-order chi connectivity index (χ0) is 10.5. The van der Waals surface area contributed by atoms with Crippen molar-refractivity contribution in [2.24, 2.45) is 5.92 Å². The van der Waals surface area contributed by atoms with Crippen LogP contribution in [-0.2, 0) is 4.74 Å². The molecule has 0 spiro atoms. The average Bonchev–Trinajstić information content (AvgIpc) is 2.99. The molecular formula is C12H24N2O. The van der Waals surface area contributed by atoms with Gasteiger partial charge in [0.15, 0.2) is 0 Å². The molecule has 3 nitrogen and oxygen atoms in total. The zero-order valence-electron chi connectivity index (χ0n) is 9.87. The molecule has 3 heteroatoms. The second-order valence-electron chi connectivity index (χ2n) is 4.80. The topological polar surface area (TPSA) is 24.5 Å². The summed E-state index contributed by atoms with van der Waals surface area (Å²) in [5.41, 5.74) is 0. The van der Waals surface area contributed by atoms with Crippen LogP contribution in [0.4, 0.5) is 0 Å². The van der Waals surface area contributed by atoms with Crippen LogP contribution in [0.1, 0.15) is 26.2 Å². The molecule has 0 aromatic rings. The zero-order valence-corrected chi connectivity index (χ0v) is 9.87. The van der Waals surface area contributed by atoms with Gasteiger partial charge in [0.05, 0.1) is 13.2 Å². The second-order valence-corrected chi connectivity index (χ2v) is 4.80. The van der Waals surface area contributed by atoms with Gasteiger partial charge in [-0.25, -0.2) is 0 Å². The van der Waals surface area contributed by atoms with Crippen molar-refractivity contribution in [3.63, 3.8) is 0 Å². The van der Waals surface area contributed by atoms with Crippen molar-refractivity contribution >= 4 is 0 Å². The van der Waals surface area contributed by atoms with Crippen LogP contribution in [0.15, 0.2) is 0 Å². The van der Waals surface area contributed by atoms with Gasteiger partial charge in [-0.3, -0.25) is 4.90 Å². The molecule has 1 saturated heterocycles. The van der Waals surface area contributed by atoms with Crippen molar-refractivity contribution in [2.45, 2.75) is 32.2 Å². The molecule has 2 atom stereocenters. The second kappa shape index (κ2) is 5.83. The molecule has 1 aliphatic heterocycles. The minimum Gasteiger partial charge on any atom is -0.379 e. The fourth-order valence-corrected chi connectivity index (χ4v) is 2.42. The lowest BCUT2D eigenvalue weighted by Gasteiger charge is -2.26. The molecule has 1 saturated carbocycles. The van der Waals surface area contributed by atoms with E-state index in [4.69, 9.17) is 4.74 Å². The molecule has 88 valence electrons. The average molecular weight is 212 g/mol.